The number of hydrogen-bond donors (Lipinski definition) is 1. The Balaban J connectivity index is 1.91. The molecule has 0 heterocycles. The topological polar surface area (TPSA) is 67.9 Å². The Labute approximate surface area is 221 Å². The van der Waals surface area contributed by atoms with Gasteiger partial charge in [0.05, 0.1) is 13.7 Å². The van der Waals surface area contributed by atoms with Crippen molar-refractivity contribution in [2.75, 3.05) is 26.1 Å². The molecule has 7 heteroatoms. The van der Waals surface area contributed by atoms with Crippen molar-refractivity contribution in [2.45, 2.75) is 90.1 Å². The van der Waals surface area contributed by atoms with E-state index in [2.05, 4.69) is 18.3 Å². The molecule has 0 unspecified atom stereocenters. The number of amides is 2. The highest BCUT2D eigenvalue weighted by molar-refractivity contribution is 6.27. The Kier molecular flexibility index (Phi) is 11.4. The third-order valence-electron chi connectivity index (χ3n) is 7.38. The fourth-order valence-corrected chi connectivity index (χ4v) is 5.37. The number of nitrogens with one attached hydrogen (secondary N) is 1. The molecular weight excluding hydrogens is 476 g/mol. The van der Waals surface area contributed by atoms with Crippen LogP contribution in [0.25, 0.3) is 0 Å². The van der Waals surface area contributed by atoms with Crippen molar-refractivity contribution >= 4 is 23.4 Å². The first-order valence-corrected chi connectivity index (χ1v) is 14.1. The van der Waals surface area contributed by atoms with Gasteiger partial charge < -0.3 is 19.7 Å². The van der Waals surface area contributed by atoms with Gasteiger partial charge in [0.1, 0.15) is 11.9 Å². The van der Waals surface area contributed by atoms with Gasteiger partial charge in [-0.1, -0.05) is 31.6 Å². The Morgan fingerprint density at radius 1 is 1.17 bits per heavy atom. The minimum absolute atomic E-state index is 0.124. The minimum Gasteiger partial charge on any atom is -0.493 e. The molecule has 0 radical (unpaired) electrons. The van der Waals surface area contributed by atoms with E-state index in [1.54, 1.807) is 12.0 Å². The van der Waals surface area contributed by atoms with Gasteiger partial charge in [0, 0.05) is 12.6 Å². The van der Waals surface area contributed by atoms with Crippen molar-refractivity contribution in [1.82, 2.24) is 10.2 Å². The molecule has 0 aliphatic heterocycles. The zero-order chi connectivity index (χ0) is 25.9. The summed E-state index contributed by atoms with van der Waals surface area (Å²) in [4.78, 5) is 28.6. The molecule has 6 nitrogen and oxygen atoms in total. The van der Waals surface area contributed by atoms with E-state index >= 15 is 0 Å². The number of nitrogens with zero attached hydrogens (tertiary/aromatic N) is 1. The maximum absolute atomic E-state index is 13.8. The third kappa shape index (κ3) is 7.89. The van der Waals surface area contributed by atoms with Crippen molar-refractivity contribution in [3.05, 3.63) is 35.4 Å². The maximum atomic E-state index is 13.8. The molecule has 1 aromatic rings. The number of methoxy groups -OCH3 is 1. The van der Waals surface area contributed by atoms with E-state index in [0.717, 1.165) is 51.4 Å². The first kappa shape index (κ1) is 28.4. The van der Waals surface area contributed by atoms with Crippen LogP contribution in [0.2, 0.25) is 0 Å². The number of carbonyl (C=O) groups is 2. The van der Waals surface area contributed by atoms with Crippen LogP contribution in [0.15, 0.2) is 29.8 Å². The summed E-state index contributed by atoms with van der Waals surface area (Å²) in [5, 5.41) is 3.26. The van der Waals surface area contributed by atoms with E-state index < -0.39 is 6.04 Å². The molecule has 2 aliphatic carbocycles. The van der Waals surface area contributed by atoms with Crippen LogP contribution in [0.3, 0.4) is 0 Å². The largest absolute Gasteiger partial charge is 0.493 e. The highest BCUT2D eigenvalue weighted by Gasteiger charge is 2.33. The maximum Gasteiger partial charge on any atom is 0.247 e. The highest BCUT2D eigenvalue weighted by atomic mass is 35.5. The molecule has 0 aromatic heterocycles. The number of carbonyl (C=O) groups excluding carboxylic acids is 2. The monoisotopic (exact) mass is 518 g/mol. The number of hydrogen-bond acceptors (Lipinski definition) is 4. The molecule has 200 valence electrons. The first-order valence-electron chi connectivity index (χ1n) is 13.6. The van der Waals surface area contributed by atoms with Gasteiger partial charge in [0.2, 0.25) is 11.8 Å². The molecular formula is C29H43ClN2O4. The number of benzene rings is 1. The molecule has 1 saturated carbocycles. The summed E-state index contributed by atoms with van der Waals surface area (Å²) < 4.78 is 11.4. The van der Waals surface area contributed by atoms with E-state index in [-0.39, 0.29) is 23.7 Å². The number of allylic oxidation sites excluding steroid dienone is 1. The predicted molar refractivity (Wildman–Crippen MR) is 145 cm³/mol. The lowest BCUT2D eigenvalue weighted by molar-refractivity contribution is -0.139. The van der Waals surface area contributed by atoms with E-state index in [1.165, 1.54) is 18.4 Å². The van der Waals surface area contributed by atoms with Gasteiger partial charge in [-0.05, 0) is 87.8 Å². The number of rotatable bonds is 12. The summed E-state index contributed by atoms with van der Waals surface area (Å²) in [5.74, 6) is 1.31. The zero-order valence-electron chi connectivity index (χ0n) is 22.2. The third-order valence-corrected chi connectivity index (χ3v) is 7.61. The summed E-state index contributed by atoms with van der Waals surface area (Å²) in [5.41, 5.74) is 2.06. The van der Waals surface area contributed by atoms with Crippen LogP contribution < -0.4 is 14.8 Å². The highest BCUT2D eigenvalue weighted by Crippen LogP contribution is 2.34. The van der Waals surface area contributed by atoms with E-state index in [0.29, 0.717) is 36.1 Å². The van der Waals surface area contributed by atoms with E-state index in [1.807, 2.05) is 25.1 Å². The van der Waals surface area contributed by atoms with E-state index in [9.17, 15) is 9.59 Å². The summed E-state index contributed by atoms with van der Waals surface area (Å²) in [6.45, 7) is 5.33. The van der Waals surface area contributed by atoms with Gasteiger partial charge >= 0.3 is 0 Å². The zero-order valence-corrected chi connectivity index (χ0v) is 22.9. The second kappa shape index (κ2) is 14.5. The lowest BCUT2D eigenvalue weighted by Crippen LogP contribution is -2.48. The molecule has 2 aliphatic rings. The second-order valence-corrected chi connectivity index (χ2v) is 10.5. The van der Waals surface area contributed by atoms with Gasteiger partial charge in [0.15, 0.2) is 11.5 Å². The predicted octanol–water partition coefficient (Wildman–Crippen LogP) is 6.18. The molecule has 1 N–H and O–H groups in total. The van der Waals surface area contributed by atoms with Crippen LogP contribution in [0.4, 0.5) is 0 Å². The summed E-state index contributed by atoms with van der Waals surface area (Å²) in [7, 11) is 1.59. The van der Waals surface area contributed by atoms with E-state index in [4.69, 9.17) is 21.1 Å². The molecule has 2 amide bonds. The van der Waals surface area contributed by atoms with Gasteiger partial charge in [-0.3, -0.25) is 9.59 Å². The summed E-state index contributed by atoms with van der Waals surface area (Å²) in [6.07, 6.45) is 12.6. The number of ether oxygens (including phenoxy) is 2. The van der Waals surface area contributed by atoms with Crippen molar-refractivity contribution in [3.8, 4) is 11.5 Å². The summed E-state index contributed by atoms with van der Waals surface area (Å²) >= 11 is 6.07. The molecule has 0 bridgehead atoms. The molecule has 0 spiro atoms. The van der Waals surface area contributed by atoms with Gasteiger partial charge in [0.25, 0.3) is 0 Å². The molecule has 1 atom stereocenters. The molecule has 3 rings (SSSR count). The number of alkyl halides is 1. The normalized spacial score (nSPS) is 20.7. The quantitative estimate of drug-likeness (QED) is 0.265. The van der Waals surface area contributed by atoms with Crippen LogP contribution in [0, 0.1) is 5.92 Å². The van der Waals surface area contributed by atoms with Gasteiger partial charge in [-0.25, -0.2) is 0 Å². The van der Waals surface area contributed by atoms with Crippen molar-refractivity contribution in [3.63, 3.8) is 0 Å². The van der Waals surface area contributed by atoms with Gasteiger partial charge in [-0.2, -0.15) is 0 Å². The average Bonchev–Trinajstić information content (AvgIpc) is 2.91. The number of halogens is 1. The lowest BCUT2D eigenvalue weighted by atomic mass is 9.87. The van der Waals surface area contributed by atoms with Crippen molar-refractivity contribution in [1.29, 1.82) is 0 Å². The van der Waals surface area contributed by atoms with Crippen molar-refractivity contribution < 1.29 is 19.1 Å². The minimum atomic E-state index is -0.783. The van der Waals surface area contributed by atoms with Crippen LogP contribution in [-0.2, 0) is 9.59 Å². The van der Waals surface area contributed by atoms with Crippen LogP contribution in [-0.4, -0.2) is 48.9 Å². The smallest absolute Gasteiger partial charge is 0.247 e. The summed E-state index contributed by atoms with van der Waals surface area (Å²) in [6, 6.07) is 4.87. The van der Waals surface area contributed by atoms with Crippen LogP contribution >= 0.6 is 11.6 Å². The first-order chi connectivity index (χ1) is 17.5. The van der Waals surface area contributed by atoms with Crippen LogP contribution in [0.5, 0.6) is 11.5 Å². The standard InChI is InChI=1S/C29H43ClN2O4/c1-4-18-36-25-15-12-23(19-26(25)35-3)28(29(34)31-24-13-10-21(2)11-14-24)32(27(33)20-30)17-16-22-8-6-5-7-9-22/h8,12,15,19,21,24,28H,4-7,9-11,13-14,16-18,20H2,1-3H3,(H,31,34)/t21?,24?,28-/m1/s1. The molecule has 0 saturated heterocycles. The molecule has 36 heavy (non-hydrogen) atoms. The Morgan fingerprint density at radius 3 is 2.58 bits per heavy atom. The Bertz CT molecular complexity index is 895. The van der Waals surface area contributed by atoms with Crippen LogP contribution in [0.1, 0.15) is 89.7 Å². The van der Waals surface area contributed by atoms with Crippen molar-refractivity contribution in [2.24, 2.45) is 5.92 Å². The fraction of sp³-hybridized carbons (Fsp3) is 0.655. The second-order valence-electron chi connectivity index (χ2n) is 10.2. The molecule has 1 aromatic carbocycles. The Hall–Kier alpha value is -2.21. The Morgan fingerprint density at radius 2 is 1.94 bits per heavy atom. The SMILES string of the molecule is CCCOc1ccc([C@H](C(=O)NC2CCC(C)CC2)N(CCC2=CCCCC2)C(=O)CCl)cc1OC. The fourth-order valence-electron chi connectivity index (χ4n) is 5.21. The molecule has 1 fully saturated rings. The van der Waals surface area contributed by atoms with Gasteiger partial charge in [-0.15, -0.1) is 11.6 Å². The lowest BCUT2D eigenvalue weighted by Gasteiger charge is -2.34. The average molecular weight is 519 g/mol.